The van der Waals surface area contributed by atoms with Crippen LogP contribution in [0.4, 0.5) is 0 Å². The largest absolute Gasteiger partial charge is 0.483 e. The Morgan fingerprint density at radius 3 is 1.73 bits per heavy atom. The second-order valence-electron chi connectivity index (χ2n) is 4.48. The van der Waals surface area contributed by atoms with Crippen LogP contribution in [0.3, 0.4) is 0 Å². The van der Waals surface area contributed by atoms with Crippen molar-refractivity contribution in [3.63, 3.8) is 0 Å². The molecule has 0 aromatic rings. The fourth-order valence-electron chi connectivity index (χ4n) is 0.620. The van der Waals surface area contributed by atoms with Crippen molar-refractivity contribution in [3.05, 3.63) is 0 Å². The molecule has 15 heavy (non-hydrogen) atoms. The summed E-state index contributed by atoms with van der Waals surface area (Å²) in [5.74, 6) is 0.0599. The van der Waals surface area contributed by atoms with Crippen LogP contribution in [0.1, 0.15) is 34.6 Å². The van der Waals surface area contributed by atoms with Gasteiger partial charge in [-0.15, -0.1) is 0 Å². The highest BCUT2D eigenvalue weighted by Crippen LogP contribution is 2.17. The summed E-state index contributed by atoms with van der Waals surface area (Å²) in [6.45, 7) is 8.81. The number of hydrogen-bond donors (Lipinski definition) is 2. The summed E-state index contributed by atoms with van der Waals surface area (Å²) in [7, 11) is 1.44. The van der Waals surface area contributed by atoms with E-state index in [-0.39, 0.29) is 5.90 Å². The van der Waals surface area contributed by atoms with Gasteiger partial charge in [0.25, 0.3) is 0 Å². The Hall–Kier alpha value is -1.26. The van der Waals surface area contributed by atoms with Crippen molar-refractivity contribution < 1.29 is 4.74 Å². The van der Waals surface area contributed by atoms with Crippen LogP contribution in [-0.2, 0) is 4.74 Å². The summed E-state index contributed by atoms with van der Waals surface area (Å²) >= 11 is 0. The molecule has 0 amide bonds. The van der Waals surface area contributed by atoms with Crippen LogP contribution >= 0.6 is 0 Å². The Labute approximate surface area is 91.0 Å². The third-order valence-electron chi connectivity index (χ3n) is 2.23. The first-order chi connectivity index (χ1) is 6.63. The molecule has 0 aromatic carbocycles. The molecule has 0 radical (unpaired) electrons. The lowest BCUT2D eigenvalue weighted by molar-refractivity contribution is 0.350. The molecule has 86 valence electrons. The van der Waals surface area contributed by atoms with Gasteiger partial charge in [-0.1, -0.05) is 0 Å². The van der Waals surface area contributed by atoms with Gasteiger partial charge in [0, 0.05) is 5.71 Å². The predicted molar refractivity (Wildman–Crippen MR) is 61.2 cm³/mol. The second-order valence-corrected chi connectivity index (χ2v) is 4.48. The standard InChI is InChI=1S/C10H20N4O/c1-7(11)9(2,3)13-14-10(4,5)8(12)15-6/h11-12H,1-6H3. The van der Waals surface area contributed by atoms with Crippen LogP contribution in [-0.4, -0.2) is 29.8 Å². The Balaban J connectivity index is 4.80. The highest BCUT2D eigenvalue weighted by molar-refractivity contribution is 5.88. The van der Waals surface area contributed by atoms with Crippen LogP contribution < -0.4 is 0 Å². The minimum atomic E-state index is -0.776. The molecule has 0 aromatic heterocycles. The number of methoxy groups -OCH3 is 1. The summed E-state index contributed by atoms with van der Waals surface area (Å²) in [5.41, 5.74) is -0.960. The number of rotatable bonds is 4. The molecular weight excluding hydrogens is 192 g/mol. The van der Waals surface area contributed by atoms with Crippen LogP contribution in [0.5, 0.6) is 0 Å². The van der Waals surface area contributed by atoms with Gasteiger partial charge < -0.3 is 10.1 Å². The summed E-state index contributed by atoms with van der Waals surface area (Å²) in [6.07, 6.45) is 0. The van der Waals surface area contributed by atoms with Crippen LogP contribution in [0.2, 0.25) is 0 Å². The monoisotopic (exact) mass is 212 g/mol. The fourth-order valence-corrected chi connectivity index (χ4v) is 0.620. The smallest absolute Gasteiger partial charge is 0.210 e. The first kappa shape index (κ1) is 13.7. The summed E-state index contributed by atoms with van der Waals surface area (Å²) in [6, 6.07) is 0. The number of ether oxygens (including phenoxy) is 1. The highest BCUT2D eigenvalue weighted by atomic mass is 16.5. The average molecular weight is 212 g/mol. The maximum absolute atomic E-state index is 7.53. The van der Waals surface area contributed by atoms with Gasteiger partial charge in [-0.3, -0.25) is 5.41 Å². The molecule has 0 aliphatic rings. The van der Waals surface area contributed by atoms with Crippen molar-refractivity contribution in [2.24, 2.45) is 10.2 Å². The third-order valence-corrected chi connectivity index (χ3v) is 2.23. The van der Waals surface area contributed by atoms with Crippen molar-refractivity contribution in [1.29, 1.82) is 10.8 Å². The Morgan fingerprint density at radius 1 is 1.00 bits per heavy atom. The van der Waals surface area contributed by atoms with Crippen molar-refractivity contribution in [3.8, 4) is 0 Å². The Bertz CT molecular complexity index is 292. The van der Waals surface area contributed by atoms with Gasteiger partial charge >= 0.3 is 0 Å². The molecule has 5 heteroatoms. The number of nitrogens with one attached hydrogen (secondary N) is 2. The number of azo groups is 1. The maximum Gasteiger partial charge on any atom is 0.210 e. The molecule has 0 rings (SSSR count). The minimum Gasteiger partial charge on any atom is -0.483 e. The molecule has 5 nitrogen and oxygen atoms in total. The summed E-state index contributed by atoms with van der Waals surface area (Å²) in [4.78, 5) is 0. The first-order valence-electron chi connectivity index (χ1n) is 4.76. The lowest BCUT2D eigenvalue weighted by Crippen LogP contribution is -2.32. The van der Waals surface area contributed by atoms with Crippen LogP contribution in [0.15, 0.2) is 10.2 Å². The zero-order chi connectivity index (χ0) is 12.3. The Kier molecular flexibility index (Phi) is 4.13. The highest BCUT2D eigenvalue weighted by Gasteiger charge is 2.27. The van der Waals surface area contributed by atoms with Gasteiger partial charge in [-0.2, -0.15) is 10.2 Å². The zero-order valence-corrected chi connectivity index (χ0v) is 10.3. The summed E-state index contributed by atoms with van der Waals surface area (Å²) < 4.78 is 4.82. The van der Waals surface area contributed by atoms with Gasteiger partial charge in [-0.05, 0) is 34.6 Å². The molecule has 0 saturated carbocycles. The second kappa shape index (κ2) is 4.51. The van der Waals surface area contributed by atoms with E-state index in [1.165, 1.54) is 7.11 Å². The predicted octanol–water partition coefficient (Wildman–Crippen LogP) is 2.66. The van der Waals surface area contributed by atoms with Crippen molar-refractivity contribution in [2.45, 2.75) is 45.7 Å². The summed E-state index contributed by atoms with van der Waals surface area (Å²) in [5, 5.41) is 23.2. The van der Waals surface area contributed by atoms with E-state index in [9.17, 15) is 0 Å². The van der Waals surface area contributed by atoms with E-state index in [0.717, 1.165) is 0 Å². The van der Waals surface area contributed by atoms with Gasteiger partial charge in [0.15, 0.2) is 5.54 Å². The van der Waals surface area contributed by atoms with Crippen LogP contribution in [0, 0.1) is 10.8 Å². The fraction of sp³-hybridized carbons (Fsp3) is 0.800. The molecule has 0 atom stereocenters. The topological polar surface area (TPSA) is 81.7 Å². The van der Waals surface area contributed by atoms with E-state index < -0.39 is 11.1 Å². The normalized spacial score (nSPS) is 12.9. The van der Waals surface area contributed by atoms with Crippen molar-refractivity contribution in [1.82, 2.24) is 0 Å². The third kappa shape index (κ3) is 3.77. The molecule has 0 saturated heterocycles. The zero-order valence-electron chi connectivity index (χ0n) is 10.3. The molecule has 0 spiro atoms. The number of nitrogens with zero attached hydrogens (tertiary/aromatic N) is 2. The van der Waals surface area contributed by atoms with E-state index in [0.29, 0.717) is 5.71 Å². The SMILES string of the molecule is COC(=N)C(C)(C)N=NC(C)(C)C(C)=N. The molecule has 0 fully saturated rings. The molecule has 0 unspecified atom stereocenters. The van der Waals surface area contributed by atoms with Gasteiger partial charge in [0.1, 0.15) is 5.54 Å². The van der Waals surface area contributed by atoms with Crippen molar-refractivity contribution >= 4 is 11.6 Å². The molecule has 2 N–H and O–H groups in total. The van der Waals surface area contributed by atoms with E-state index in [2.05, 4.69) is 10.2 Å². The van der Waals surface area contributed by atoms with Gasteiger partial charge in [0.2, 0.25) is 5.90 Å². The lowest BCUT2D eigenvalue weighted by atomic mass is 10.0. The van der Waals surface area contributed by atoms with E-state index in [4.69, 9.17) is 15.6 Å². The van der Waals surface area contributed by atoms with E-state index in [1.807, 2.05) is 13.8 Å². The van der Waals surface area contributed by atoms with E-state index in [1.54, 1.807) is 20.8 Å². The first-order valence-corrected chi connectivity index (χ1v) is 4.76. The van der Waals surface area contributed by atoms with Gasteiger partial charge in [-0.25, -0.2) is 0 Å². The van der Waals surface area contributed by atoms with Crippen molar-refractivity contribution in [2.75, 3.05) is 7.11 Å². The van der Waals surface area contributed by atoms with Gasteiger partial charge in [0.05, 0.1) is 7.11 Å². The Morgan fingerprint density at radius 2 is 1.40 bits per heavy atom. The molecule has 0 aliphatic carbocycles. The van der Waals surface area contributed by atoms with Crippen LogP contribution in [0.25, 0.3) is 0 Å². The average Bonchev–Trinajstić information content (AvgIpc) is 2.13. The quantitative estimate of drug-likeness (QED) is 0.419. The van der Waals surface area contributed by atoms with E-state index >= 15 is 0 Å². The molecule has 0 heterocycles. The lowest BCUT2D eigenvalue weighted by Gasteiger charge is -2.22. The maximum atomic E-state index is 7.53. The molecule has 0 aliphatic heterocycles. The molecule has 0 bridgehead atoms. The number of hydrogen-bond acceptors (Lipinski definition) is 5. The molecular formula is C10H20N4O. The minimum absolute atomic E-state index is 0.0599.